The summed E-state index contributed by atoms with van der Waals surface area (Å²) in [5.74, 6) is -1.23. The standard InChI is InChI=1S/C22H18N2O5/c25-20-18-12-5-6-13(8-7-12)19(18)21(26)24(20)23-11-14-9-10-17(29-14)15-3-1-2-4-16(15)22(27)28/h1-6,9-13,18-19H,7-8H2,(H,27,28)/b23-11-/t12-,13-,18+,19+/m0/s1. The third-order valence-corrected chi connectivity index (χ3v) is 6.09. The Labute approximate surface area is 166 Å². The Balaban J connectivity index is 1.39. The molecule has 4 aliphatic rings. The van der Waals surface area contributed by atoms with Gasteiger partial charge in [-0.05, 0) is 42.9 Å². The van der Waals surface area contributed by atoms with Gasteiger partial charge < -0.3 is 9.52 Å². The SMILES string of the molecule is O=C(O)c1ccccc1-c1ccc(/C=N\N2C(=O)[C@H]3[C@H](C2=O)[C@H]2C=C[C@H]3CC2)o1. The van der Waals surface area contributed by atoms with Crippen molar-refractivity contribution in [2.45, 2.75) is 12.8 Å². The average molecular weight is 390 g/mol. The molecule has 2 aromatic rings. The fraction of sp³-hybridized carbons (Fsp3) is 0.273. The van der Waals surface area contributed by atoms with Gasteiger partial charge in [-0.3, -0.25) is 9.59 Å². The fourth-order valence-electron chi connectivity index (χ4n) is 4.74. The molecule has 3 aliphatic carbocycles. The van der Waals surface area contributed by atoms with Crippen LogP contribution in [-0.4, -0.2) is 34.1 Å². The molecule has 1 N–H and O–H groups in total. The molecular formula is C22H18N2O5. The van der Waals surface area contributed by atoms with E-state index >= 15 is 0 Å². The van der Waals surface area contributed by atoms with Crippen LogP contribution >= 0.6 is 0 Å². The minimum atomic E-state index is -1.05. The second-order valence-corrected chi connectivity index (χ2v) is 7.63. The Morgan fingerprint density at radius 3 is 2.31 bits per heavy atom. The number of hydrazone groups is 1. The Morgan fingerprint density at radius 1 is 1.03 bits per heavy atom. The summed E-state index contributed by atoms with van der Waals surface area (Å²) in [4.78, 5) is 36.9. The van der Waals surface area contributed by atoms with Gasteiger partial charge in [0, 0.05) is 5.56 Å². The van der Waals surface area contributed by atoms with E-state index in [0.717, 1.165) is 17.9 Å². The predicted molar refractivity (Wildman–Crippen MR) is 103 cm³/mol. The molecule has 6 rings (SSSR count). The van der Waals surface area contributed by atoms with Crippen molar-refractivity contribution in [3.05, 3.63) is 59.9 Å². The highest BCUT2D eigenvalue weighted by Gasteiger charge is 2.56. The predicted octanol–water partition coefficient (Wildman–Crippen LogP) is 3.18. The van der Waals surface area contributed by atoms with Gasteiger partial charge >= 0.3 is 5.97 Å². The number of hydrogen-bond acceptors (Lipinski definition) is 5. The van der Waals surface area contributed by atoms with Crippen LogP contribution in [0.4, 0.5) is 0 Å². The van der Waals surface area contributed by atoms with Crippen molar-refractivity contribution in [1.82, 2.24) is 5.01 Å². The fourth-order valence-corrected chi connectivity index (χ4v) is 4.74. The summed E-state index contributed by atoms with van der Waals surface area (Å²) in [5.41, 5.74) is 0.573. The first-order chi connectivity index (χ1) is 14.0. The molecule has 0 unspecified atom stereocenters. The summed E-state index contributed by atoms with van der Waals surface area (Å²) in [6.07, 6.45) is 7.32. The first-order valence-corrected chi connectivity index (χ1v) is 9.57. The van der Waals surface area contributed by atoms with Crippen molar-refractivity contribution in [3.8, 4) is 11.3 Å². The lowest BCUT2D eigenvalue weighted by molar-refractivity contribution is -0.140. The maximum atomic E-state index is 12.8. The van der Waals surface area contributed by atoms with Crippen LogP contribution in [-0.2, 0) is 9.59 Å². The number of fused-ring (bicyclic) bond motifs is 1. The van der Waals surface area contributed by atoms with Gasteiger partial charge in [0.25, 0.3) is 11.8 Å². The summed E-state index contributed by atoms with van der Waals surface area (Å²) in [7, 11) is 0. The van der Waals surface area contributed by atoms with Crippen LogP contribution < -0.4 is 0 Å². The zero-order valence-corrected chi connectivity index (χ0v) is 15.4. The van der Waals surface area contributed by atoms with Gasteiger partial charge in [-0.2, -0.15) is 10.1 Å². The van der Waals surface area contributed by atoms with Gasteiger partial charge in [-0.15, -0.1) is 0 Å². The molecule has 146 valence electrons. The molecule has 2 bridgehead atoms. The number of carbonyl (C=O) groups excluding carboxylic acids is 2. The number of allylic oxidation sites excluding steroid dienone is 2. The summed E-state index contributed by atoms with van der Waals surface area (Å²) in [5, 5.41) is 14.4. The number of furan rings is 1. The molecule has 2 heterocycles. The average Bonchev–Trinajstić information content (AvgIpc) is 3.32. The van der Waals surface area contributed by atoms with Gasteiger partial charge in [0.2, 0.25) is 0 Å². The van der Waals surface area contributed by atoms with Gasteiger partial charge in [0.05, 0.1) is 23.6 Å². The Morgan fingerprint density at radius 2 is 1.69 bits per heavy atom. The van der Waals surface area contributed by atoms with Crippen molar-refractivity contribution >= 4 is 24.0 Å². The molecule has 4 atom stereocenters. The minimum Gasteiger partial charge on any atom is -0.478 e. The Kier molecular flexibility index (Phi) is 3.97. The third kappa shape index (κ3) is 2.73. The number of carboxylic acid groups (broad SMARTS) is 1. The number of rotatable bonds is 4. The van der Waals surface area contributed by atoms with Crippen molar-refractivity contribution < 1.29 is 23.9 Å². The number of benzene rings is 1. The van der Waals surface area contributed by atoms with Crippen LogP contribution in [0.3, 0.4) is 0 Å². The third-order valence-electron chi connectivity index (χ3n) is 6.09. The molecule has 1 aromatic carbocycles. The van der Waals surface area contributed by atoms with Crippen molar-refractivity contribution in [3.63, 3.8) is 0 Å². The van der Waals surface area contributed by atoms with Crippen LogP contribution in [0.2, 0.25) is 0 Å². The summed E-state index contributed by atoms with van der Waals surface area (Å²) in [6, 6.07) is 9.79. The molecule has 7 nitrogen and oxygen atoms in total. The largest absolute Gasteiger partial charge is 0.478 e. The maximum Gasteiger partial charge on any atom is 0.336 e. The molecular weight excluding hydrogens is 372 g/mol. The minimum absolute atomic E-state index is 0.115. The monoisotopic (exact) mass is 390 g/mol. The number of carboxylic acids is 1. The smallest absolute Gasteiger partial charge is 0.336 e. The first kappa shape index (κ1) is 17.6. The number of nitrogens with zero attached hydrogens (tertiary/aromatic N) is 2. The van der Waals surface area contributed by atoms with E-state index in [1.165, 1.54) is 12.3 Å². The molecule has 7 heteroatoms. The molecule has 1 aromatic heterocycles. The Bertz CT molecular complexity index is 1050. The van der Waals surface area contributed by atoms with Gasteiger partial charge in [0.15, 0.2) is 0 Å². The van der Waals surface area contributed by atoms with E-state index in [2.05, 4.69) is 17.3 Å². The molecule has 1 aliphatic heterocycles. The maximum absolute atomic E-state index is 12.8. The number of carbonyl (C=O) groups is 3. The quantitative estimate of drug-likeness (QED) is 0.491. The van der Waals surface area contributed by atoms with E-state index in [-0.39, 0.29) is 41.0 Å². The van der Waals surface area contributed by atoms with Gasteiger partial charge in [-0.25, -0.2) is 4.79 Å². The van der Waals surface area contributed by atoms with Crippen LogP contribution in [0, 0.1) is 23.7 Å². The lowest BCUT2D eigenvalue weighted by Crippen LogP contribution is -2.38. The van der Waals surface area contributed by atoms with E-state index in [0.29, 0.717) is 17.1 Å². The van der Waals surface area contributed by atoms with Crippen molar-refractivity contribution in [2.24, 2.45) is 28.8 Å². The Hall–Kier alpha value is -3.48. The number of hydrogen-bond donors (Lipinski definition) is 1. The van der Waals surface area contributed by atoms with Crippen molar-refractivity contribution in [1.29, 1.82) is 0 Å². The van der Waals surface area contributed by atoms with E-state index in [1.807, 2.05) is 0 Å². The second-order valence-electron chi connectivity index (χ2n) is 7.63. The number of imide groups is 1. The van der Waals surface area contributed by atoms with Crippen LogP contribution in [0.1, 0.15) is 29.0 Å². The highest BCUT2D eigenvalue weighted by molar-refractivity contribution is 6.06. The zero-order valence-electron chi connectivity index (χ0n) is 15.4. The van der Waals surface area contributed by atoms with Crippen LogP contribution in [0.5, 0.6) is 0 Å². The molecule has 1 saturated carbocycles. The highest BCUT2D eigenvalue weighted by atomic mass is 16.4. The highest BCUT2D eigenvalue weighted by Crippen LogP contribution is 2.49. The van der Waals surface area contributed by atoms with Crippen molar-refractivity contribution in [2.75, 3.05) is 0 Å². The lowest BCUT2D eigenvalue weighted by Gasteiger charge is -2.37. The van der Waals surface area contributed by atoms with E-state index in [1.54, 1.807) is 30.3 Å². The van der Waals surface area contributed by atoms with E-state index in [9.17, 15) is 19.5 Å². The summed E-state index contributed by atoms with van der Waals surface area (Å²) >= 11 is 0. The topological polar surface area (TPSA) is 100 Å². The lowest BCUT2D eigenvalue weighted by atomic mass is 9.63. The molecule has 2 fully saturated rings. The normalized spacial score (nSPS) is 27.8. The molecule has 1 saturated heterocycles. The number of aromatic carboxylic acids is 1. The van der Waals surface area contributed by atoms with Gasteiger partial charge in [0.1, 0.15) is 11.5 Å². The molecule has 29 heavy (non-hydrogen) atoms. The molecule has 0 radical (unpaired) electrons. The first-order valence-electron chi connectivity index (χ1n) is 9.57. The summed E-state index contributed by atoms with van der Waals surface area (Å²) < 4.78 is 5.69. The van der Waals surface area contributed by atoms with Crippen LogP contribution in [0.15, 0.2) is 58.1 Å². The zero-order chi connectivity index (χ0) is 20.1. The van der Waals surface area contributed by atoms with E-state index in [4.69, 9.17) is 4.42 Å². The summed E-state index contributed by atoms with van der Waals surface area (Å²) in [6.45, 7) is 0. The van der Waals surface area contributed by atoms with E-state index < -0.39 is 5.97 Å². The van der Waals surface area contributed by atoms with Gasteiger partial charge in [-0.1, -0.05) is 30.4 Å². The second kappa shape index (κ2) is 6.55. The molecule has 2 amide bonds. The number of amides is 2. The van der Waals surface area contributed by atoms with Crippen LogP contribution in [0.25, 0.3) is 11.3 Å². The molecule has 0 spiro atoms.